The van der Waals surface area contributed by atoms with Crippen LogP contribution in [0, 0.1) is 5.41 Å². The molecule has 0 bridgehead atoms. The van der Waals surface area contributed by atoms with Gasteiger partial charge in [0.2, 0.25) is 0 Å². The van der Waals surface area contributed by atoms with Crippen molar-refractivity contribution >= 4 is 23.2 Å². The van der Waals surface area contributed by atoms with E-state index in [-0.39, 0.29) is 0 Å². The Kier molecular flexibility index (Phi) is 2.47. The molecule has 86 valence electrons. The monoisotopic (exact) mass is 255 g/mol. The van der Waals surface area contributed by atoms with Gasteiger partial charge in [0.1, 0.15) is 0 Å². The van der Waals surface area contributed by atoms with Gasteiger partial charge < -0.3 is 5.32 Å². The van der Waals surface area contributed by atoms with Gasteiger partial charge in [-0.15, -0.1) is 0 Å². The maximum atomic E-state index is 6.29. The molecule has 0 spiro atoms. The summed E-state index contributed by atoms with van der Waals surface area (Å²) in [5.74, 6) is 0.603. The molecule has 1 aromatic carbocycles. The fourth-order valence-corrected chi connectivity index (χ4v) is 3.66. The van der Waals surface area contributed by atoms with E-state index in [1.807, 2.05) is 6.07 Å². The zero-order valence-electron chi connectivity index (χ0n) is 9.32. The summed E-state index contributed by atoms with van der Waals surface area (Å²) in [6.45, 7) is 4.57. The van der Waals surface area contributed by atoms with E-state index in [1.165, 1.54) is 17.5 Å². The van der Waals surface area contributed by atoms with Crippen LogP contribution < -0.4 is 5.32 Å². The summed E-state index contributed by atoms with van der Waals surface area (Å²) in [7, 11) is 0. The number of fused-ring (bicyclic) bond motifs is 3. The molecule has 3 heteroatoms. The molecule has 0 amide bonds. The van der Waals surface area contributed by atoms with Gasteiger partial charge in [0.15, 0.2) is 0 Å². The van der Waals surface area contributed by atoms with Gasteiger partial charge in [-0.1, -0.05) is 36.2 Å². The molecule has 0 aromatic heterocycles. The fourth-order valence-electron chi connectivity index (χ4n) is 3.22. The lowest BCUT2D eigenvalue weighted by Gasteiger charge is -2.37. The van der Waals surface area contributed by atoms with Crippen LogP contribution in [-0.4, -0.2) is 13.1 Å². The van der Waals surface area contributed by atoms with Gasteiger partial charge in [-0.05, 0) is 35.4 Å². The normalized spacial score (nSPS) is 32.3. The Balaban J connectivity index is 2.14. The van der Waals surface area contributed by atoms with Crippen molar-refractivity contribution in [1.82, 2.24) is 5.32 Å². The van der Waals surface area contributed by atoms with Crippen molar-refractivity contribution < 1.29 is 0 Å². The number of halogens is 2. The summed E-state index contributed by atoms with van der Waals surface area (Å²) >= 11 is 12.4. The van der Waals surface area contributed by atoms with Crippen LogP contribution in [0.2, 0.25) is 10.0 Å². The Morgan fingerprint density at radius 2 is 2.19 bits per heavy atom. The van der Waals surface area contributed by atoms with Crippen molar-refractivity contribution in [3.63, 3.8) is 0 Å². The van der Waals surface area contributed by atoms with Crippen LogP contribution in [0.1, 0.15) is 30.4 Å². The zero-order chi connectivity index (χ0) is 11.3. The fraction of sp³-hybridized carbons (Fsp3) is 0.538. The first-order chi connectivity index (χ1) is 7.62. The minimum atomic E-state index is 0.407. The van der Waals surface area contributed by atoms with Crippen LogP contribution in [0.15, 0.2) is 12.1 Å². The highest BCUT2D eigenvalue weighted by Gasteiger charge is 2.43. The average molecular weight is 256 g/mol. The molecule has 16 heavy (non-hydrogen) atoms. The number of rotatable bonds is 0. The van der Waals surface area contributed by atoms with Gasteiger partial charge >= 0.3 is 0 Å². The van der Waals surface area contributed by atoms with Crippen molar-refractivity contribution in [3.8, 4) is 0 Å². The quantitative estimate of drug-likeness (QED) is 0.747. The molecule has 3 rings (SSSR count). The molecule has 0 saturated carbocycles. The first-order valence-corrected chi connectivity index (χ1v) is 6.55. The molecule has 0 radical (unpaired) electrons. The number of nitrogens with one attached hydrogen (secondary N) is 1. The average Bonchev–Trinajstić information content (AvgIpc) is 2.65. The molecule has 1 aliphatic heterocycles. The molecular formula is C13H15Cl2N. The minimum absolute atomic E-state index is 0.407. The molecular weight excluding hydrogens is 241 g/mol. The second kappa shape index (κ2) is 3.63. The molecule has 1 N–H and O–H groups in total. The van der Waals surface area contributed by atoms with Crippen LogP contribution in [0.5, 0.6) is 0 Å². The van der Waals surface area contributed by atoms with E-state index in [2.05, 4.69) is 18.3 Å². The molecule has 2 atom stereocenters. The second-order valence-corrected chi connectivity index (χ2v) is 6.05. The molecule has 1 saturated heterocycles. The van der Waals surface area contributed by atoms with Crippen LogP contribution in [-0.2, 0) is 6.42 Å². The Morgan fingerprint density at radius 1 is 1.38 bits per heavy atom. The van der Waals surface area contributed by atoms with Crippen molar-refractivity contribution in [2.45, 2.75) is 25.7 Å². The molecule has 1 nitrogen and oxygen atoms in total. The van der Waals surface area contributed by atoms with Crippen molar-refractivity contribution in [2.75, 3.05) is 13.1 Å². The second-order valence-electron chi connectivity index (χ2n) is 5.27. The third-order valence-electron chi connectivity index (χ3n) is 4.27. The van der Waals surface area contributed by atoms with Crippen molar-refractivity contribution in [2.24, 2.45) is 5.41 Å². The zero-order valence-corrected chi connectivity index (χ0v) is 10.8. The molecule has 2 aliphatic rings. The van der Waals surface area contributed by atoms with E-state index in [1.54, 1.807) is 0 Å². The third kappa shape index (κ3) is 1.42. The lowest BCUT2D eigenvalue weighted by Crippen LogP contribution is -2.30. The predicted octanol–water partition coefficient (Wildman–Crippen LogP) is 3.63. The summed E-state index contributed by atoms with van der Waals surface area (Å²) in [5, 5.41) is 4.96. The van der Waals surface area contributed by atoms with Gasteiger partial charge in [-0.25, -0.2) is 0 Å². The smallest absolute Gasteiger partial charge is 0.0627 e. The Morgan fingerprint density at radius 3 is 3.00 bits per heavy atom. The van der Waals surface area contributed by atoms with Crippen LogP contribution in [0.3, 0.4) is 0 Å². The first-order valence-electron chi connectivity index (χ1n) is 5.79. The van der Waals surface area contributed by atoms with Crippen LogP contribution >= 0.6 is 23.2 Å². The summed E-state index contributed by atoms with van der Waals surface area (Å²) in [6.07, 6.45) is 2.27. The highest BCUT2D eigenvalue weighted by Crippen LogP contribution is 2.49. The van der Waals surface area contributed by atoms with E-state index < -0.39 is 0 Å². The molecule has 1 aromatic rings. The Bertz CT molecular complexity index is 444. The first kappa shape index (κ1) is 10.9. The van der Waals surface area contributed by atoms with Gasteiger partial charge in [-0.2, -0.15) is 0 Å². The lowest BCUT2D eigenvalue weighted by atomic mass is 9.67. The molecule has 1 unspecified atom stereocenters. The standard InChI is InChI=1S/C13H15Cl2N/c1-13-5-4-9-8(10(13)6-16-7-13)2-3-11(14)12(9)15/h2-3,10,16H,4-7H2,1H3/t10?,13-/m0/s1. The van der Waals surface area contributed by atoms with Crippen molar-refractivity contribution in [1.29, 1.82) is 0 Å². The van der Waals surface area contributed by atoms with E-state index >= 15 is 0 Å². The SMILES string of the molecule is C[C@@]12CCc3c(ccc(Cl)c3Cl)C1CNC2. The van der Waals surface area contributed by atoms with Gasteiger partial charge in [0.25, 0.3) is 0 Å². The highest BCUT2D eigenvalue weighted by atomic mass is 35.5. The predicted molar refractivity (Wildman–Crippen MR) is 68.5 cm³/mol. The molecule has 1 fully saturated rings. The third-order valence-corrected chi connectivity index (χ3v) is 5.12. The summed E-state index contributed by atoms with van der Waals surface area (Å²) in [5.41, 5.74) is 3.10. The van der Waals surface area contributed by atoms with Crippen LogP contribution in [0.4, 0.5) is 0 Å². The Hall–Kier alpha value is -0.240. The summed E-state index contributed by atoms with van der Waals surface area (Å²) in [4.78, 5) is 0. The number of benzene rings is 1. The minimum Gasteiger partial charge on any atom is -0.316 e. The van der Waals surface area contributed by atoms with E-state index in [4.69, 9.17) is 23.2 Å². The van der Waals surface area contributed by atoms with E-state index in [9.17, 15) is 0 Å². The van der Waals surface area contributed by atoms with Gasteiger partial charge in [0.05, 0.1) is 10.0 Å². The largest absolute Gasteiger partial charge is 0.316 e. The lowest BCUT2D eigenvalue weighted by molar-refractivity contribution is 0.277. The van der Waals surface area contributed by atoms with Gasteiger partial charge in [0, 0.05) is 19.0 Å². The maximum absolute atomic E-state index is 6.29. The molecule has 1 heterocycles. The molecule has 1 aliphatic carbocycles. The summed E-state index contributed by atoms with van der Waals surface area (Å²) in [6, 6.07) is 4.10. The number of hydrogen-bond acceptors (Lipinski definition) is 1. The number of hydrogen-bond donors (Lipinski definition) is 1. The van der Waals surface area contributed by atoms with Gasteiger partial charge in [-0.3, -0.25) is 0 Å². The van der Waals surface area contributed by atoms with E-state index in [0.717, 1.165) is 24.5 Å². The Labute approximate surface area is 106 Å². The highest BCUT2D eigenvalue weighted by molar-refractivity contribution is 6.42. The van der Waals surface area contributed by atoms with E-state index in [0.29, 0.717) is 16.4 Å². The van der Waals surface area contributed by atoms with Crippen molar-refractivity contribution in [3.05, 3.63) is 33.3 Å². The topological polar surface area (TPSA) is 12.0 Å². The van der Waals surface area contributed by atoms with Crippen LogP contribution in [0.25, 0.3) is 0 Å². The maximum Gasteiger partial charge on any atom is 0.0627 e. The summed E-state index contributed by atoms with van der Waals surface area (Å²) < 4.78 is 0.